The van der Waals surface area contributed by atoms with E-state index in [-0.39, 0.29) is 18.0 Å². The van der Waals surface area contributed by atoms with Crippen LogP contribution in [0.4, 0.5) is 16.3 Å². The van der Waals surface area contributed by atoms with Crippen molar-refractivity contribution in [3.63, 3.8) is 0 Å². The third-order valence-electron chi connectivity index (χ3n) is 6.45. The molecule has 1 unspecified atom stereocenters. The molecule has 1 aromatic heterocycles. The molecule has 0 bridgehead atoms. The van der Waals surface area contributed by atoms with Crippen molar-refractivity contribution in [2.75, 3.05) is 38.1 Å². The van der Waals surface area contributed by atoms with Gasteiger partial charge in [0.15, 0.2) is 11.8 Å². The Labute approximate surface area is 217 Å². The number of benzene rings is 1. The molecule has 0 radical (unpaired) electrons. The monoisotopic (exact) mass is 505 g/mol. The Morgan fingerprint density at radius 3 is 2.81 bits per heavy atom. The highest BCUT2D eigenvalue weighted by atomic mass is 16.6. The van der Waals surface area contributed by atoms with Crippen molar-refractivity contribution in [2.24, 2.45) is 10.7 Å². The van der Waals surface area contributed by atoms with Crippen molar-refractivity contribution < 1.29 is 14.3 Å². The van der Waals surface area contributed by atoms with Crippen LogP contribution < -0.4 is 21.7 Å². The lowest BCUT2D eigenvalue weighted by molar-refractivity contribution is 0.0952. The highest BCUT2D eigenvalue weighted by Gasteiger charge is 2.20. The van der Waals surface area contributed by atoms with Gasteiger partial charge in [-0.05, 0) is 81.1 Å². The van der Waals surface area contributed by atoms with Gasteiger partial charge in [0.2, 0.25) is 0 Å². The number of ether oxygens (including phenoxy) is 1. The van der Waals surface area contributed by atoms with Crippen LogP contribution in [0.1, 0.15) is 48.5 Å². The summed E-state index contributed by atoms with van der Waals surface area (Å²) in [5.74, 6) is 0.591. The number of nitrogens with one attached hydrogen (secondary N) is 3. The van der Waals surface area contributed by atoms with Gasteiger partial charge in [-0.3, -0.25) is 4.79 Å². The number of hydrogen-bond acceptors (Lipinski definition) is 6. The van der Waals surface area contributed by atoms with Gasteiger partial charge in [-0.2, -0.15) is 4.99 Å². The van der Waals surface area contributed by atoms with Gasteiger partial charge in [0.25, 0.3) is 5.91 Å². The van der Waals surface area contributed by atoms with Crippen LogP contribution in [0.15, 0.2) is 53.7 Å². The first-order valence-corrected chi connectivity index (χ1v) is 12.8. The van der Waals surface area contributed by atoms with Crippen molar-refractivity contribution >= 4 is 35.0 Å². The maximum absolute atomic E-state index is 12.4. The standard InChI is InChI=1S/C27H35N7O3/c1-2-37-27(36)34-17-12-19(13-18-34)23-6-4-15-30-24(23)33-26(28)32-22-9-7-20(8-10-22)25(35)31-16-11-21-5-3-14-29-21/h4,6-10,12,15,21,29H,2-3,5,11,13-14,16-18H2,1H3,(H,31,35)(H3,28,30,32,33). The molecular weight excluding hydrogens is 470 g/mol. The van der Waals surface area contributed by atoms with Crippen molar-refractivity contribution in [3.8, 4) is 0 Å². The number of pyridine rings is 1. The van der Waals surface area contributed by atoms with E-state index in [0.717, 1.165) is 24.1 Å². The van der Waals surface area contributed by atoms with Gasteiger partial charge in [0.05, 0.1) is 6.61 Å². The van der Waals surface area contributed by atoms with Crippen LogP contribution in [-0.4, -0.2) is 66.7 Å². The summed E-state index contributed by atoms with van der Waals surface area (Å²) >= 11 is 0. The number of carbonyl (C=O) groups excluding carboxylic acids is 2. The SMILES string of the molecule is CCOC(=O)N1CC=C(c2cccnc2N=C(N)Nc2ccc(C(=O)NCCC3CCCN3)cc2)CC1. The average molecular weight is 506 g/mol. The number of hydrogen-bond donors (Lipinski definition) is 4. The summed E-state index contributed by atoms with van der Waals surface area (Å²) in [6.07, 6.45) is 7.34. The molecule has 2 amide bonds. The van der Waals surface area contributed by atoms with E-state index in [0.29, 0.717) is 55.8 Å². The van der Waals surface area contributed by atoms with E-state index in [1.807, 2.05) is 18.2 Å². The molecule has 10 heteroatoms. The Bertz CT molecular complexity index is 1140. The van der Waals surface area contributed by atoms with Crippen molar-refractivity contribution in [2.45, 2.75) is 38.6 Å². The normalized spacial score (nSPS) is 17.8. The Morgan fingerprint density at radius 1 is 1.27 bits per heavy atom. The number of carbonyl (C=O) groups is 2. The summed E-state index contributed by atoms with van der Waals surface area (Å²) in [5, 5.41) is 9.48. The van der Waals surface area contributed by atoms with E-state index in [2.05, 4.69) is 25.9 Å². The van der Waals surface area contributed by atoms with E-state index in [1.165, 1.54) is 12.8 Å². The lowest BCUT2D eigenvalue weighted by Crippen LogP contribution is -2.35. The zero-order chi connectivity index (χ0) is 26.0. The summed E-state index contributed by atoms with van der Waals surface area (Å²) in [6.45, 7) is 4.90. The van der Waals surface area contributed by atoms with E-state index in [4.69, 9.17) is 10.5 Å². The fourth-order valence-corrected chi connectivity index (χ4v) is 4.49. The van der Waals surface area contributed by atoms with Crippen LogP contribution in [-0.2, 0) is 4.74 Å². The van der Waals surface area contributed by atoms with E-state index >= 15 is 0 Å². The summed E-state index contributed by atoms with van der Waals surface area (Å²) in [4.78, 5) is 35.0. The minimum absolute atomic E-state index is 0.0911. The first-order chi connectivity index (χ1) is 18.0. The van der Waals surface area contributed by atoms with E-state index < -0.39 is 0 Å². The summed E-state index contributed by atoms with van der Waals surface area (Å²) < 4.78 is 5.09. The molecule has 10 nitrogen and oxygen atoms in total. The topological polar surface area (TPSA) is 134 Å². The first kappa shape index (κ1) is 26.2. The van der Waals surface area contributed by atoms with Crippen LogP contribution in [0.3, 0.4) is 0 Å². The number of aliphatic imine (C=N–C) groups is 1. The average Bonchev–Trinajstić information content (AvgIpc) is 3.43. The van der Waals surface area contributed by atoms with Gasteiger partial charge >= 0.3 is 6.09 Å². The van der Waals surface area contributed by atoms with Crippen LogP contribution in [0.5, 0.6) is 0 Å². The van der Waals surface area contributed by atoms with Gasteiger partial charge in [-0.15, -0.1) is 0 Å². The fraction of sp³-hybridized carbons (Fsp3) is 0.407. The summed E-state index contributed by atoms with van der Waals surface area (Å²) in [7, 11) is 0. The van der Waals surface area contributed by atoms with Gasteiger partial charge in [-0.1, -0.05) is 6.08 Å². The third kappa shape index (κ3) is 7.29. The predicted molar refractivity (Wildman–Crippen MR) is 145 cm³/mol. The summed E-state index contributed by atoms with van der Waals surface area (Å²) in [6, 6.07) is 11.4. The molecule has 196 valence electrons. The molecule has 5 N–H and O–H groups in total. The smallest absolute Gasteiger partial charge is 0.410 e. The molecule has 1 aromatic carbocycles. The highest BCUT2D eigenvalue weighted by Crippen LogP contribution is 2.29. The number of guanidine groups is 1. The molecule has 2 aromatic rings. The minimum atomic E-state index is -0.305. The molecule has 0 saturated carbocycles. The molecule has 1 fully saturated rings. The first-order valence-electron chi connectivity index (χ1n) is 12.8. The van der Waals surface area contributed by atoms with Crippen LogP contribution in [0, 0.1) is 0 Å². The van der Waals surface area contributed by atoms with Gasteiger partial charge in [-0.25, -0.2) is 9.78 Å². The number of anilines is 1. The number of aromatic nitrogens is 1. The zero-order valence-corrected chi connectivity index (χ0v) is 21.2. The molecule has 2 aliphatic rings. The fourth-order valence-electron chi connectivity index (χ4n) is 4.49. The van der Waals surface area contributed by atoms with Crippen molar-refractivity contribution in [3.05, 3.63) is 59.8 Å². The Hall–Kier alpha value is -3.92. The number of rotatable bonds is 8. The molecule has 37 heavy (non-hydrogen) atoms. The Balaban J connectivity index is 1.34. The lowest BCUT2D eigenvalue weighted by atomic mass is 10.0. The predicted octanol–water partition coefficient (Wildman–Crippen LogP) is 3.26. The highest BCUT2D eigenvalue weighted by molar-refractivity contribution is 5.97. The van der Waals surface area contributed by atoms with Crippen LogP contribution in [0.2, 0.25) is 0 Å². The third-order valence-corrected chi connectivity index (χ3v) is 6.45. The van der Waals surface area contributed by atoms with Gasteiger partial charge < -0.3 is 31.3 Å². The lowest BCUT2D eigenvalue weighted by Gasteiger charge is -2.26. The second kappa shape index (κ2) is 12.9. The largest absolute Gasteiger partial charge is 0.450 e. The minimum Gasteiger partial charge on any atom is -0.450 e. The maximum atomic E-state index is 12.4. The van der Waals surface area contributed by atoms with Crippen molar-refractivity contribution in [1.29, 1.82) is 0 Å². The molecule has 0 aliphatic carbocycles. The Morgan fingerprint density at radius 2 is 2.11 bits per heavy atom. The van der Waals surface area contributed by atoms with E-state index in [1.54, 1.807) is 42.3 Å². The molecule has 1 atom stereocenters. The molecule has 1 saturated heterocycles. The molecule has 4 rings (SSSR count). The molecule has 0 spiro atoms. The number of nitrogens with zero attached hydrogens (tertiary/aromatic N) is 3. The van der Waals surface area contributed by atoms with Gasteiger partial charge in [0.1, 0.15) is 0 Å². The second-order valence-corrected chi connectivity index (χ2v) is 9.04. The second-order valence-electron chi connectivity index (χ2n) is 9.04. The molecule has 3 heterocycles. The van der Waals surface area contributed by atoms with Crippen molar-refractivity contribution in [1.82, 2.24) is 20.5 Å². The van der Waals surface area contributed by atoms with Crippen LogP contribution in [0.25, 0.3) is 5.57 Å². The maximum Gasteiger partial charge on any atom is 0.410 e. The zero-order valence-electron chi connectivity index (χ0n) is 21.2. The number of nitrogens with two attached hydrogens (primary N) is 1. The molecule has 2 aliphatic heterocycles. The van der Waals surface area contributed by atoms with E-state index in [9.17, 15) is 9.59 Å². The number of amides is 2. The Kier molecular flexibility index (Phi) is 9.09. The molecular formula is C27H35N7O3. The summed E-state index contributed by atoms with van der Waals surface area (Å²) in [5.41, 5.74) is 9.41. The van der Waals surface area contributed by atoms with Crippen LogP contribution >= 0.6 is 0 Å². The quantitative estimate of drug-likeness (QED) is 0.320. The van der Waals surface area contributed by atoms with Gasteiger partial charge in [0, 0.05) is 48.7 Å².